The van der Waals surface area contributed by atoms with Gasteiger partial charge >= 0.3 is 0 Å². The first-order valence-electron chi connectivity index (χ1n) is 6.05. The van der Waals surface area contributed by atoms with E-state index in [4.69, 9.17) is 0 Å². The monoisotopic (exact) mass is 277 g/mol. The van der Waals surface area contributed by atoms with Gasteiger partial charge < -0.3 is 5.11 Å². The number of rotatable bonds is 3. The number of thioether (sulfide) groups is 1. The number of aryl methyl sites for hydroxylation is 1. The van der Waals surface area contributed by atoms with Gasteiger partial charge in [-0.1, -0.05) is 18.2 Å². The highest BCUT2D eigenvalue weighted by atomic mass is 32.2. The number of aromatic nitrogens is 1. The van der Waals surface area contributed by atoms with Crippen molar-refractivity contribution in [1.29, 1.82) is 0 Å². The highest BCUT2D eigenvalue weighted by Crippen LogP contribution is 2.41. The molecule has 1 aliphatic rings. The summed E-state index contributed by atoms with van der Waals surface area (Å²) in [5, 5.41) is 13.5. The molecular weight excluding hydrogens is 262 g/mol. The molecule has 2 heterocycles. The Bertz CT molecular complexity index is 552. The van der Waals surface area contributed by atoms with Crippen molar-refractivity contribution in [3.8, 4) is 0 Å². The Kier molecular flexibility index (Phi) is 3.41. The van der Waals surface area contributed by atoms with E-state index in [2.05, 4.69) is 29.2 Å². The molecule has 2 atom stereocenters. The number of aliphatic hydroxyl groups excluding tert-OH is 1. The molecule has 0 fully saturated rings. The average Bonchev–Trinajstić information content (AvgIpc) is 2.95. The summed E-state index contributed by atoms with van der Waals surface area (Å²) < 4.78 is 0. The second kappa shape index (κ2) is 5.03. The van der Waals surface area contributed by atoms with Crippen LogP contribution in [0.25, 0.3) is 0 Å². The largest absolute Gasteiger partial charge is 0.392 e. The predicted octanol–water partition coefficient (Wildman–Crippen LogP) is 3.24. The molecule has 0 radical (unpaired) electrons. The van der Waals surface area contributed by atoms with Gasteiger partial charge in [0.15, 0.2) is 0 Å². The summed E-state index contributed by atoms with van der Waals surface area (Å²) in [5.74, 6) is 1.22. The molecule has 3 rings (SSSR count). The van der Waals surface area contributed by atoms with Crippen molar-refractivity contribution in [2.45, 2.75) is 30.3 Å². The van der Waals surface area contributed by atoms with Crippen LogP contribution in [-0.4, -0.2) is 21.9 Å². The molecule has 2 nitrogen and oxygen atoms in total. The smallest absolute Gasteiger partial charge is 0.0954 e. The first kappa shape index (κ1) is 12.2. The van der Waals surface area contributed by atoms with Gasteiger partial charge in [0.2, 0.25) is 0 Å². The van der Waals surface area contributed by atoms with Crippen molar-refractivity contribution in [3.05, 3.63) is 45.9 Å². The number of aliphatic hydroxyl groups is 1. The van der Waals surface area contributed by atoms with Crippen molar-refractivity contribution >= 4 is 23.1 Å². The Hall–Kier alpha value is -0.840. The number of thiazole rings is 1. The Labute approximate surface area is 115 Å². The second-order valence-corrected chi connectivity index (χ2v) is 6.61. The van der Waals surface area contributed by atoms with Gasteiger partial charge in [-0.15, -0.1) is 23.1 Å². The highest BCUT2D eigenvalue weighted by molar-refractivity contribution is 7.99. The molecule has 1 aliphatic heterocycles. The van der Waals surface area contributed by atoms with Gasteiger partial charge in [-0.2, -0.15) is 0 Å². The van der Waals surface area contributed by atoms with Crippen LogP contribution in [0.1, 0.15) is 22.2 Å². The number of benzene rings is 1. The van der Waals surface area contributed by atoms with E-state index in [1.807, 2.05) is 24.1 Å². The molecule has 2 aromatic rings. The third-order valence-corrected chi connectivity index (χ3v) is 5.45. The van der Waals surface area contributed by atoms with Gasteiger partial charge in [-0.3, -0.25) is 0 Å². The summed E-state index contributed by atoms with van der Waals surface area (Å²) >= 11 is 3.48. The van der Waals surface area contributed by atoms with Crippen LogP contribution in [0, 0.1) is 6.92 Å². The summed E-state index contributed by atoms with van der Waals surface area (Å²) in [4.78, 5) is 5.75. The number of hydrogen-bond acceptors (Lipinski definition) is 4. The third kappa shape index (κ3) is 2.32. The quantitative estimate of drug-likeness (QED) is 0.935. The molecule has 94 valence electrons. The lowest BCUT2D eigenvalue weighted by molar-refractivity contribution is 0.151. The van der Waals surface area contributed by atoms with E-state index in [-0.39, 0.29) is 12.0 Å². The van der Waals surface area contributed by atoms with E-state index in [1.54, 1.807) is 11.3 Å². The molecule has 0 aliphatic carbocycles. The van der Waals surface area contributed by atoms with Gasteiger partial charge in [0, 0.05) is 34.1 Å². The van der Waals surface area contributed by atoms with Gasteiger partial charge in [0.05, 0.1) is 11.1 Å². The molecule has 0 saturated carbocycles. The van der Waals surface area contributed by atoms with Gasteiger partial charge in [-0.05, 0) is 18.6 Å². The van der Waals surface area contributed by atoms with Crippen LogP contribution in [0.3, 0.4) is 0 Å². The zero-order valence-corrected chi connectivity index (χ0v) is 11.8. The summed E-state index contributed by atoms with van der Waals surface area (Å²) in [7, 11) is 0. The summed E-state index contributed by atoms with van der Waals surface area (Å²) in [6.07, 6.45) is 0.338. The van der Waals surface area contributed by atoms with E-state index in [1.165, 1.54) is 10.5 Å². The van der Waals surface area contributed by atoms with Crippen LogP contribution in [0.4, 0.5) is 0 Å². The number of fused-ring (bicyclic) bond motifs is 1. The Balaban J connectivity index is 1.76. The lowest BCUT2D eigenvalue weighted by Crippen LogP contribution is -2.21. The summed E-state index contributed by atoms with van der Waals surface area (Å²) in [5.41, 5.74) is 2.34. The zero-order valence-electron chi connectivity index (χ0n) is 10.2. The van der Waals surface area contributed by atoms with E-state index in [9.17, 15) is 5.11 Å². The fraction of sp³-hybridized carbons (Fsp3) is 0.357. The maximum Gasteiger partial charge on any atom is 0.0954 e. The Morgan fingerprint density at radius 3 is 3.06 bits per heavy atom. The minimum Gasteiger partial charge on any atom is -0.392 e. The molecule has 1 aromatic carbocycles. The highest BCUT2D eigenvalue weighted by Gasteiger charge is 2.29. The van der Waals surface area contributed by atoms with Crippen molar-refractivity contribution in [3.63, 3.8) is 0 Å². The van der Waals surface area contributed by atoms with E-state index in [0.717, 1.165) is 16.5 Å². The molecule has 2 unspecified atom stereocenters. The Morgan fingerprint density at radius 1 is 1.44 bits per heavy atom. The molecular formula is C14H15NOS2. The van der Waals surface area contributed by atoms with Crippen molar-refractivity contribution in [2.75, 3.05) is 5.75 Å². The van der Waals surface area contributed by atoms with Gasteiger partial charge in [0.25, 0.3) is 0 Å². The SMILES string of the molecule is Cc1csc(CC(O)C2CSc3ccccc32)n1. The molecule has 1 aromatic heterocycles. The van der Waals surface area contributed by atoms with Crippen LogP contribution in [0.15, 0.2) is 34.5 Å². The molecule has 0 amide bonds. The van der Waals surface area contributed by atoms with E-state index in [0.29, 0.717) is 6.42 Å². The van der Waals surface area contributed by atoms with Gasteiger partial charge in [-0.25, -0.2) is 4.98 Å². The average molecular weight is 277 g/mol. The van der Waals surface area contributed by atoms with Crippen molar-refractivity contribution in [1.82, 2.24) is 4.98 Å². The van der Waals surface area contributed by atoms with E-state index < -0.39 is 0 Å². The van der Waals surface area contributed by atoms with E-state index >= 15 is 0 Å². The van der Waals surface area contributed by atoms with Crippen molar-refractivity contribution in [2.24, 2.45) is 0 Å². The normalized spacial score (nSPS) is 19.8. The summed E-state index contributed by atoms with van der Waals surface area (Å²) in [6, 6.07) is 8.39. The molecule has 0 saturated heterocycles. The van der Waals surface area contributed by atoms with Crippen LogP contribution >= 0.6 is 23.1 Å². The molecule has 18 heavy (non-hydrogen) atoms. The third-order valence-electron chi connectivity index (χ3n) is 3.25. The second-order valence-electron chi connectivity index (χ2n) is 4.61. The van der Waals surface area contributed by atoms with Crippen LogP contribution in [0.5, 0.6) is 0 Å². The topological polar surface area (TPSA) is 33.1 Å². The lowest BCUT2D eigenvalue weighted by atomic mass is 9.94. The van der Waals surface area contributed by atoms with Crippen LogP contribution < -0.4 is 0 Å². The standard InChI is InChI=1S/C14H15NOS2/c1-9-7-18-14(15-9)6-12(16)11-8-17-13-5-3-2-4-10(11)13/h2-5,7,11-12,16H,6,8H2,1H3. The fourth-order valence-corrected chi connectivity index (χ4v) is 4.47. The summed E-state index contributed by atoms with van der Waals surface area (Å²) in [6.45, 7) is 1.99. The van der Waals surface area contributed by atoms with Crippen LogP contribution in [0.2, 0.25) is 0 Å². The first-order chi connectivity index (χ1) is 8.74. The zero-order chi connectivity index (χ0) is 12.5. The number of hydrogen-bond donors (Lipinski definition) is 1. The minimum absolute atomic E-state index is 0.246. The molecule has 0 spiro atoms. The molecule has 0 bridgehead atoms. The Morgan fingerprint density at radius 2 is 2.28 bits per heavy atom. The maximum atomic E-state index is 10.4. The number of nitrogens with zero attached hydrogens (tertiary/aromatic N) is 1. The maximum absolute atomic E-state index is 10.4. The minimum atomic E-state index is -0.327. The lowest BCUT2D eigenvalue weighted by Gasteiger charge is -2.17. The molecule has 1 N–H and O–H groups in total. The fourth-order valence-electron chi connectivity index (χ4n) is 2.32. The van der Waals surface area contributed by atoms with Crippen LogP contribution in [-0.2, 0) is 6.42 Å². The van der Waals surface area contributed by atoms with Crippen molar-refractivity contribution < 1.29 is 5.11 Å². The molecule has 4 heteroatoms. The van der Waals surface area contributed by atoms with Gasteiger partial charge in [0.1, 0.15) is 0 Å². The first-order valence-corrected chi connectivity index (χ1v) is 7.91. The predicted molar refractivity (Wildman–Crippen MR) is 76.5 cm³/mol.